The van der Waals surface area contributed by atoms with Crippen molar-refractivity contribution in [1.82, 2.24) is 4.98 Å². The molecule has 1 saturated carbocycles. The molecule has 1 N–H and O–H groups in total. The molecular formula is C29H26F4N2O4S. The highest BCUT2D eigenvalue weighted by Crippen LogP contribution is 2.34. The maximum atomic E-state index is 14.9. The van der Waals surface area contributed by atoms with Crippen LogP contribution >= 0.6 is 11.3 Å². The number of anilines is 2. The second-order valence-corrected chi connectivity index (χ2v) is 10.2. The van der Waals surface area contributed by atoms with Gasteiger partial charge < -0.3 is 14.8 Å². The zero-order chi connectivity index (χ0) is 28.7. The minimum atomic E-state index is -4.78. The molecule has 0 saturated heterocycles. The first-order valence-electron chi connectivity index (χ1n) is 12.5. The summed E-state index contributed by atoms with van der Waals surface area (Å²) in [4.78, 5) is 26.0. The average molecular weight is 575 g/mol. The van der Waals surface area contributed by atoms with Gasteiger partial charge in [-0.15, -0.1) is 13.2 Å². The van der Waals surface area contributed by atoms with E-state index in [9.17, 15) is 22.4 Å². The molecule has 0 radical (unpaired) electrons. The number of nitrogens with one attached hydrogen (secondary N) is 1. The summed E-state index contributed by atoms with van der Waals surface area (Å²) in [5, 5.41) is 3.23. The van der Waals surface area contributed by atoms with Crippen LogP contribution in [-0.2, 0) is 9.53 Å². The van der Waals surface area contributed by atoms with Gasteiger partial charge in [-0.2, -0.15) is 0 Å². The third-order valence-electron chi connectivity index (χ3n) is 6.38. The molecule has 0 unspecified atom stereocenters. The van der Waals surface area contributed by atoms with Crippen molar-refractivity contribution in [3.05, 3.63) is 72.0 Å². The molecule has 0 spiro atoms. The minimum Gasteiger partial charge on any atom is -0.471 e. The van der Waals surface area contributed by atoms with Crippen molar-refractivity contribution in [1.29, 1.82) is 0 Å². The number of fused-ring (bicyclic) bond motifs is 1. The van der Waals surface area contributed by atoms with Crippen LogP contribution in [0.1, 0.15) is 42.5 Å². The number of thiazole rings is 1. The first-order valence-corrected chi connectivity index (χ1v) is 13.3. The highest BCUT2D eigenvalue weighted by molar-refractivity contribution is 7.22. The van der Waals surface area contributed by atoms with Crippen LogP contribution in [-0.4, -0.2) is 30.7 Å². The van der Waals surface area contributed by atoms with E-state index in [-0.39, 0.29) is 23.1 Å². The van der Waals surface area contributed by atoms with Crippen LogP contribution in [0.2, 0.25) is 0 Å². The number of benzene rings is 3. The number of carbonyl (C=O) groups excluding carboxylic acids is 2. The summed E-state index contributed by atoms with van der Waals surface area (Å²) >= 11 is 1.09. The molecule has 1 aliphatic rings. The number of ether oxygens (including phenoxy) is 2. The van der Waals surface area contributed by atoms with Gasteiger partial charge in [0.15, 0.2) is 10.9 Å². The molecule has 3 aromatic carbocycles. The van der Waals surface area contributed by atoms with E-state index in [1.165, 1.54) is 37.8 Å². The van der Waals surface area contributed by atoms with Crippen LogP contribution in [0.4, 0.5) is 28.4 Å². The largest absolute Gasteiger partial charge is 0.573 e. The molecule has 0 aliphatic heterocycles. The molecule has 5 rings (SSSR count). The number of Topliss-reactive ketones (excluding diaryl/α,β-unsaturated/α-hetero) is 1. The Balaban J connectivity index is 0.000000867. The molecule has 1 aromatic heterocycles. The van der Waals surface area contributed by atoms with Crippen LogP contribution in [0.5, 0.6) is 5.75 Å². The third-order valence-corrected chi connectivity index (χ3v) is 7.31. The smallest absolute Gasteiger partial charge is 0.471 e. The molecule has 40 heavy (non-hydrogen) atoms. The van der Waals surface area contributed by atoms with E-state index >= 15 is 0 Å². The maximum absolute atomic E-state index is 14.9. The number of methoxy groups -OCH3 is 1. The van der Waals surface area contributed by atoms with E-state index in [2.05, 4.69) is 19.8 Å². The van der Waals surface area contributed by atoms with Gasteiger partial charge in [0.2, 0.25) is 0 Å². The van der Waals surface area contributed by atoms with Gasteiger partial charge in [0, 0.05) is 17.5 Å². The molecule has 0 bridgehead atoms. The summed E-state index contributed by atoms with van der Waals surface area (Å²) in [7, 11) is 1.31. The van der Waals surface area contributed by atoms with Crippen LogP contribution < -0.4 is 10.1 Å². The molecule has 1 aliphatic carbocycles. The summed E-state index contributed by atoms with van der Waals surface area (Å²) in [6.45, 7) is 0.375. The molecule has 4 aromatic rings. The summed E-state index contributed by atoms with van der Waals surface area (Å²) < 4.78 is 60.6. The number of hydrogen-bond acceptors (Lipinski definition) is 7. The number of aromatic nitrogens is 1. The Kier molecular flexibility index (Phi) is 9.36. The third kappa shape index (κ3) is 7.56. The highest BCUT2D eigenvalue weighted by Gasteiger charge is 2.31. The first kappa shape index (κ1) is 29.0. The van der Waals surface area contributed by atoms with Crippen molar-refractivity contribution in [2.45, 2.75) is 38.5 Å². The fraction of sp³-hybridized carbons (Fsp3) is 0.276. The fourth-order valence-electron chi connectivity index (χ4n) is 4.49. The Morgan fingerprint density at radius 2 is 1.68 bits per heavy atom. The van der Waals surface area contributed by atoms with Crippen LogP contribution in [0.25, 0.3) is 21.3 Å². The lowest BCUT2D eigenvalue weighted by atomic mass is 9.83. The normalized spacial score (nSPS) is 13.7. The molecule has 210 valence electrons. The number of hydrogen-bond donors (Lipinski definition) is 1. The van der Waals surface area contributed by atoms with Crippen molar-refractivity contribution in [2.24, 2.45) is 5.92 Å². The predicted octanol–water partition coefficient (Wildman–Crippen LogP) is 8.30. The molecule has 0 amide bonds. The van der Waals surface area contributed by atoms with Gasteiger partial charge in [0.25, 0.3) is 6.47 Å². The topological polar surface area (TPSA) is 77.5 Å². The van der Waals surface area contributed by atoms with Gasteiger partial charge >= 0.3 is 6.36 Å². The zero-order valence-electron chi connectivity index (χ0n) is 21.5. The first-order chi connectivity index (χ1) is 19.2. The van der Waals surface area contributed by atoms with E-state index in [0.29, 0.717) is 32.9 Å². The Labute approximate surface area is 231 Å². The second-order valence-electron chi connectivity index (χ2n) is 9.12. The second kappa shape index (κ2) is 12.9. The molecule has 6 nitrogen and oxygen atoms in total. The number of alkyl halides is 3. The number of nitrogens with zero attached hydrogens (tertiary/aromatic N) is 1. The van der Waals surface area contributed by atoms with Gasteiger partial charge in [-0.05, 0) is 48.2 Å². The van der Waals surface area contributed by atoms with Crippen LogP contribution in [0.15, 0.2) is 60.7 Å². The number of halogens is 4. The van der Waals surface area contributed by atoms with Crippen molar-refractivity contribution in [3.8, 4) is 16.9 Å². The van der Waals surface area contributed by atoms with Crippen molar-refractivity contribution in [3.63, 3.8) is 0 Å². The molecule has 0 atom stereocenters. The predicted molar refractivity (Wildman–Crippen MR) is 145 cm³/mol. The van der Waals surface area contributed by atoms with E-state index in [0.717, 1.165) is 42.6 Å². The number of rotatable bonds is 7. The van der Waals surface area contributed by atoms with Crippen LogP contribution in [0, 0.1) is 11.7 Å². The average Bonchev–Trinajstić information content (AvgIpc) is 3.35. The molecule has 11 heteroatoms. The van der Waals surface area contributed by atoms with Crippen molar-refractivity contribution in [2.75, 3.05) is 12.4 Å². The number of carbonyl (C=O) groups is 2. The lowest BCUT2D eigenvalue weighted by Crippen LogP contribution is -2.17. The lowest BCUT2D eigenvalue weighted by Gasteiger charge is -2.20. The molecule has 1 heterocycles. The standard InChI is InChI=1S/C27H22F4N2O2S.C2H4O2/c28-21-14-19(16-6-8-18(9-7-16)25(34)17-4-2-1-3-5-17)10-12-22(21)32-26-33-23-13-11-20(15-24(23)36-26)35-27(29,30)31;1-4-2-3/h6-15,17H,1-5H2,(H,32,33);2H,1H3. The van der Waals surface area contributed by atoms with Crippen molar-refractivity contribution >= 4 is 44.6 Å². The van der Waals surface area contributed by atoms with Gasteiger partial charge in [0.05, 0.1) is 23.0 Å². The molecule has 1 fully saturated rings. The summed E-state index contributed by atoms with van der Waals surface area (Å²) in [5.74, 6) is -0.569. The lowest BCUT2D eigenvalue weighted by molar-refractivity contribution is -0.274. The van der Waals surface area contributed by atoms with Gasteiger partial charge in [-0.25, -0.2) is 9.37 Å². The van der Waals surface area contributed by atoms with Gasteiger partial charge in [0.1, 0.15) is 11.6 Å². The Morgan fingerprint density at radius 1 is 1.00 bits per heavy atom. The Hall–Kier alpha value is -3.99. The Bertz CT molecular complexity index is 1470. The SMILES string of the molecule is COC=O.O=C(c1ccc(-c2ccc(Nc3nc4ccc(OC(F)(F)F)cc4s3)c(F)c2)cc1)C1CCCCC1. The van der Waals surface area contributed by atoms with Gasteiger partial charge in [-0.3, -0.25) is 9.59 Å². The van der Waals surface area contributed by atoms with Gasteiger partial charge in [-0.1, -0.05) is 60.9 Å². The van der Waals surface area contributed by atoms with E-state index in [1.54, 1.807) is 24.3 Å². The fourth-order valence-corrected chi connectivity index (χ4v) is 5.40. The van der Waals surface area contributed by atoms with E-state index in [1.807, 2.05) is 12.1 Å². The zero-order valence-corrected chi connectivity index (χ0v) is 22.3. The van der Waals surface area contributed by atoms with Crippen LogP contribution in [0.3, 0.4) is 0 Å². The van der Waals surface area contributed by atoms with E-state index in [4.69, 9.17) is 4.79 Å². The number of ketones is 1. The summed E-state index contributed by atoms with van der Waals surface area (Å²) in [5.41, 5.74) is 2.79. The monoisotopic (exact) mass is 574 g/mol. The Morgan fingerprint density at radius 3 is 2.30 bits per heavy atom. The summed E-state index contributed by atoms with van der Waals surface area (Å²) in [6, 6.07) is 15.8. The highest BCUT2D eigenvalue weighted by atomic mass is 32.1. The van der Waals surface area contributed by atoms with Crippen molar-refractivity contribution < 1.29 is 36.6 Å². The quantitative estimate of drug-likeness (QED) is 0.136. The summed E-state index contributed by atoms with van der Waals surface area (Å²) in [6.07, 6.45) is 0.484. The molecular weight excluding hydrogens is 548 g/mol. The minimum absolute atomic E-state index is 0.0960. The van der Waals surface area contributed by atoms with E-state index < -0.39 is 12.2 Å². The maximum Gasteiger partial charge on any atom is 0.573 e.